The number of rotatable bonds is 3. The lowest BCUT2D eigenvalue weighted by Crippen LogP contribution is -2.70. The number of aliphatic hydroxyl groups excluding tert-OH is 1. The van der Waals surface area contributed by atoms with E-state index in [-0.39, 0.29) is 42.7 Å². The van der Waals surface area contributed by atoms with Gasteiger partial charge in [0.15, 0.2) is 28.5 Å². The van der Waals surface area contributed by atoms with Crippen molar-refractivity contribution in [3.05, 3.63) is 68.3 Å². The highest BCUT2D eigenvalue weighted by Gasteiger charge is 2.61. The van der Waals surface area contributed by atoms with Crippen LogP contribution < -0.4 is 24.3 Å². The van der Waals surface area contributed by atoms with Crippen LogP contribution in [-0.4, -0.2) is 94.7 Å². The van der Waals surface area contributed by atoms with E-state index in [1.54, 1.807) is 13.2 Å². The van der Waals surface area contributed by atoms with Gasteiger partial charge < -0.3 is 39.0 Å². The molecule has 0 radical (unpaired) electrons. The largest absolute Gasteiger partial charge is 0.508 e. The Bertz CT molecular complexity index is 2160. The van der Waals surface area contributed by atoms with E-state index in [1.165, 1.54) is 18.7 Å². The summed E-state index contributed by atoms with van der Waals surface area (Å²) in [5.41, 5.74) is 5.35. The molecule has 2 saturated heterocycles. The Hall–Kier alpha value is -4.21. The highest BCUT2D eigenvalue weighted by atomic mass is 32.2. The number of fused-ring (bicyclic) bond motifs is 9. The van der Waals surface area contributed by atoms with E-state index >= 15 is 0 Å². The number of carbonyl (C=O) groups excluding carboxylic acids is 2. The first-order valence-corrected chi connectivity index (χ1v) is 20.0. The van der Waals surface area contributed by atoms with Crippen LogP contribution in [0.2, 0.25) is 0 Å². The number of aliphatic hydroxyl groups is 1. The molecule has 3 aromatic carbocycles. The van der Waals surface area contributed by atoms with Crippen molar-refractivity contribution in [2.24, 2.45) is 0 Å². The predicted octanol–water partition coefficient (Wildman–Crippen LogP) is 4.49. The third-order valence-electron chi connectivity index (χ3n) is 12.9. The van der Waals surface area contributed by atoms with Gasteiger partial charge in [-0.2, -0.15) is 0 Å². The molecular formula is C41H47N3O10S. The van der Waals surface area contributed by atoms with Crippen LogP contribution in [0.3, 0.4) is 0 Å². The van der Waals surface area contributed by atoms with E-state index in [1.807, 2.05) is 44.9 Å². The second-order valence-electron chi connectivity index (χ2n) is 15.8. The molecule has 7 aliphatic heterocycles. The highest BCUT2D eigenvalue weighted by Crippen LogP contribution is 2.64. The van der Waals surface area contributed by atoms with Crippen molar-refractivity contribution in [2.75, 3.05) is 33.3 Å². The number of methoxy groups -OCH3 is 1. The van der Waals surface area contributed by atoms with Crippen LogP contribution in [0.15, 0.2) is 18.2 Å². The molecule has 13 nitrogen and oxygen atoms in total. The lowest BCUT2D eigenvalue weighted by atomic mass is 9.73. The van der Waals surface area contributed by atoms with Gasteiger partial charge in [0.05, 0.1) is 30.5 Å². The van der Waals surface area contributed by atoms with Gasteiger partial charge in [0, 0.05) is 47.0 Å². The van der Waals surface area contributed by atoms with Gasteiger partial charge >= 0.3 is 11.9 Å². The molecular weight excluding hydrogens is 727 g/mol. The van der Waals surface area contributed by atoms with Crippen LogP contribution in [-0.2, 0) is 32.7 Å². The molecule has 10 rings (SSSR count). The van der Waals surface area contributed by atoms with Crippen molar-refractivity contribution in [3.63, 3.8) is 0 Å². The Morgan fingerprint density at radius 3 is 2.51 bits per heavy atom. The van der Waals surface area contributed by atoms with Crippen LogP contribution in [0.25, 0.3) is 0 Å². The number of hydrogen-bond acceptors (Lipinski definition) is 14. The zero-order valence-electron chi connectivity index (χ0n) is 32.0. The molecule has 7 heterocycles. The van der Waals surface area contributed by atoms with Crippen molar-refractivity contribution in [1.82, 2.24) is 15.1 Å². The van der Waals surface area contributed by atoms with Crippen molar-refractivity contribution in [2.45, 2.75) is 101 Å². The first-order valence-electron chi connectivity index (χ1n) is 18.9. The number of likely N-dealkylation sites (N-methyl/N-ethyl adjacent to an activating group) is 1. The molecule has 0 amide bonds. The van der Waals surface area contributed by atoms with Crippen molar-refractivity contribution < 1.29 is 48.6 Å². The number of aryl methyl sites for hydroxylation is 2. The number of ether oxygens (including phenoxy) is 5. The zero-order valence-corrected chi connectivity index (χ0v) is 32.8. The molecule has 0 saturated carbocycles. The van der Waals surface area contributed by atoms with E-state index < -0.39 is 47.1 Å². The maximum absolute atomic E-state index is 14.9. The number of thioether (sulfide) groups is 1. The number of phenolic OH excluding ortho intramolecular Hbond substituents is 2. The number of phenols is 2. The van der Waals surface area contributed by atoms with E-state index in [4.69, 9.17) is 23.7 Å². The van der Waals surface area contributed by atoms with Crippen molar-refractivity contribution in [3.8, 4) is 34.5 Å². The Morgan fingerprint density at radius 1 is 1.02 bits per heavy atom. The summed E-state index contributed by atoms with van der Waals surface area (Å²) in [4.78, 5) is 32.0. The Labute approximate surface area is 323 Å². The summed E-state index contributed by atoms with van der Waals surface area (Å²) in [5, 5.41) is 38.6. The number of benzene rings is 3. The first-order chi connectivity index (χ1) is 26.3. The van der Waals surface area contributed by atoms with E-state index in [9.17, 15) is 24.9 Å². The highest BCUT2D eigenvalue weighted by molar-refractivity contribution is 7.99. The van der Waals surface area contributed by atoms with E-state index in [0.29, 0.717) is 63.7 Å². The third-order valence-corrected chi connectivity index (χ3v) is 14.3. The maximum atomic E-state index is 14.9. The van der Waals surface area contributed by atoms with E-state index in [0.717, 1.165) is 28.7 Å². The summed E-state index contributed by atoms with van der Waals surface area (Å²) in [6.45, 7) is 8.78. The standard InChI is InChI=1S/C41H47N3O10S/c1-8-23-11-21-13-27(46)17(2)10-24(21)41(42-23)15-55-38-30-29(37-36(52-16-53-37)19(4)35(30)54-20(5)45)26(14-51-40(41)49)44-32(38)31-28-22(12-25(39(44)48)43(31)6)9-18(3)34(50-7)33(28)47/h9-10,13,23,25-26,31-32,38-39,42,46-48H,8,11-12,14-16H2,1-7H3/t23?,25-,26-,31+,32?,38+,39-,41+/m0/s1. The SMILES string of the molecule is CCC1Cc2cc(O)c(C)cc2[C@@]2(CS[C@@H]3c4c(OC(C)=O)c(C)c5c(c4[C@H](COC2=O)N2C3[C@H]3c4c(cc(C)c(OC)c4O)C[C@@H]([C@@H]2O)N3C)OCO5)N1. The zero-order chi connectivity index (χ0) is 38.8. The fourth-order valence-corrected chi connectivity index (χ4v) is 12.1. The molecule has 0 aliphatic carbocycles. The van der Waals surface area contributed by atoms with E-state index in [2.05, 4.69) is 17.1 Å². The summed E-state index contributed by atoms with van der Waals surface area (Å²) in [6, 6.07) is 3.44. The van der Waals surface area contributed by atoms with Crippen LogP contribution in [0.4, 0.5) is 0 Å². The lowest BCUT2D eigenvalue weighted by molar-refractivity contribution is -0.186. The van der Waals surface area contributed by atoms with Crippen LogP contribution in [0, 0.1) is 20.8 Å². The minimum absolute atomic E-state index is 0.0504. The van der Waals surface area contributed by atoms with Gasteiger partial charge in [-0.3, -0.25) is 19.9 Å². The molecule has 14 heteroatoms. The summed E-state index contributed by atoms with van der Waals surface area (Å²) >= 11 is 1.51. The second kappa shape index (κ2) is 12.9. The Morgan fingerprint density at radius 2 is 1.78 bits per heavy atom. The number of nitrogens with zero attached hydrogens (tertiary/aromatic N) is 2. The fraction of sp³-hybridized carbons (Fsp3) is 0.512. The second-order valence-corrected chi connectivity index (χ2v) is 17.0. The molecule has 2 fully saturated rings. The molecule has 292 valence electrons. The van der Waals surface area contributed by atoms with Crippen molar-refractivity contribution >= 4 is 23.7 Å². The van der Waals surface area contributed by atoms with Crippen LogP contribution in [0.1, 0.15) is 87.7 Å². The lowest BCUT2D eigenvalue weighted by Gasteiger charge is -2.62. The summed E-state index contributed by atoms with van der Waals surface area (Å²) in [7, 11) is 3.52. The van der Waals surface area contributed by atoms with Gasteiger partial charge in [-0.1, -0.05) is 13.0 Å². The summed E-state index contributed by atoms with van der Waals surface area (Å²) < 4.78 is 30.6. The number of hydrogen-bond donors (Lipinski definition) is 4. The third kappa shape index (κ3) is 5.07. The maximum Gasteiger partial charge on any atom is 0.331 e. The van der Waals surface area contributed by atoms with Gasteiger partial charge in [-0.25, -0.2) is 4.79 Å². The molecule has 3 aromatic rings. The monoisotopic (exact) mass is 773 g/mol. The minimum Gasteiger partial charge on any atom is -0.508 e. The van der Waals surface area contributed by atoms with Gasteiger partial charge in [0.25, 0.3) is 0 Å². The van der Waals surface area contributed by atoms with Gasteiger partial charge in [-0.05, 0) is 87.0 Å². The summed E-state index contributed by atoms with van der Waals surface area (Å²) in [6.07, 6.45) is 0.788. The predicted molar refractivity (Wildman–Crippen MR) is 202 cm³/mol. The minimum atomic E-state index is -1.30. The number of carbonyl (C=O) groups is 2. The molecule has 8 atom stereocenters. The normalized spacial score (nSPS) is 30.5. The smallest absolute Gasteiger partial charge is 0.331 e. The summed E-state index contributed by atoms with van der Waals surface area (Å²) in [5.74, 6) is 1.10. The Kier molecular flexibility index (Phi) is 8.56. The van der Waals surface area contributed by atoms with Gasteiger partial charge in [0.1, 0.15) is 24.3 Å². The molecule has 1 spiro atoms. The van der Waals surface area contributed by atoms with Crippen LogP contribution in [0.5, 0.6) is 34.5 Å². The molecule has 4 bridgehead atoms. The van der Waals surface area contributed by atoms with Gasteiger partial charge in [-0.15, -0.1) is 11.8 Å². The number of esters is 2. The Balaban J connectivity index is 1.33. The number of aromatic hydroxyl groups is 2. The van der Waals surface area contributed by atoms with Crippen molar-refractivity contribution in [1.29, 1.82) is 0 Å². The average molecular weight is 774 g/mol. The quantitative estimate of drug-likeness (QED) is 0.218. The first kappa shape index (κ1) is 36.4. The molecule has 7 aliphatic rings. The number of nitrogens with one attached hydrogen (secondary N) is 1. The van der Waals surface area contributed by atoms with Gasteiger partial charge in [0.2, 0.25) is 6.79 Å². The molecule has 4 N–H and O–H groups in total. The molecule has 2 unspecified atom stereocenters. The fourth-order valence-electron chi connectivity index (χ4n) is 10.4. The number of piperazine rings is 1. The molecule has 0 aromatic heterocycles. The topological polar surface area (TPSA) is 159 Å². The molecule has 55 heavy (non-hydrogen) atoms. The van der Waals surface area contributed by atoms with Crippen LogP contribution >= 0.6 is 11.8 Å². The average Bonchev–Trinajstić information content (AvgIpc) is 3.64.